The number of likely N-dealkylation sites (tertiary alicyclic amines) is 1. The highest BCUT2D eigenvalue weighted by atomic mass is 16.6. The second kappa shape index (κ2) is 10.0. The first-order valence-corrected chi connectivity index (χ1v) is 12.8. The van der Waals surface area contributed by atoms with E-state index >= 15 is 0 Å². The molecule has 0 bridgehead atoms. The third-order valence-corrected chi connectivity index (χ3v) is 7.77. The van der Waals surface area contributed by atoms with E-state index in [9.17, 15) is 4.79 Å². The normalized spacial score (nSPS) is 24.4. The maximum Gasteiger partial charge on any atom is 0.234 e. The minimum Gasteiger partial charge on any atom is -0.486 e. The average molecular weight is 443 g/mol. The summed E-state index contributed by atoms with van der Waals surface area (Å²) in [6.07, 6.45) is 13.6. The molecular formula is C26H38N2O4. The number of hydrogen-bond donors (Lipinski definition) is 1. The Hall–Kier alpha value is -1.79. The van der Waals surface area contributed by atoms with Gasteiger partial charge in [-0.3, -0.25) is 9.69 Å². The molecule has 32 heavy (non-hydrogen) atoms. The van der Waals surface area contributed by atoms with Gasteiger partial charge >= 0.3 is 0 Å². The van der Waals surface area contributed by atoms with E-state index in [0.29, 0.717) is 32.0 Å². The van der Waals surface area contributed by atoms with E-state index in [4.69, 9.17) is 14.2 Å². The maximum atomic E-state index is 13.1. The smallest absolute Gasteiger partial charge is 0.234 e. The molecule has 0 unspecified atom stereocenters. The quantitative estimate of drug-likeness (QED) is 0.717. The molecule has 176 valence electrons. The molecule has 2 saturated carbocycles. The van der Waals surface area contributed by atoms with Crippen LogP contribution in [0.15, 0.2) is 18.2 Å². The van der Waals surface area contributed by atoms with Crippen LogP contribution in [0, 0.1) is 0 Å². The molecule has 6 nitrogen and oxygen atoms in total. The van der Waals surface area contributed by atoms with Crippen LogP contribution < -0.4 is 14.8 Å². The number of carbonyl (C=O) groups excluding carboxylic acids is 1. The van der Waals surface area contributed by atoms with E-state index in [0.717, 1.165) is 68.7 Å². The van der Waals surface area contributed by atoms with Crippen LogP contribution in [-0.4, -0.2) is 55.9 Å². The van der Waals surface area contributed by atoms with Crippen LogP contribution in [0.4, 0.5) is 0 Å². The molecule has 1 saturated heterocycles. The van der Waals surface area contributed by atoms with Crippen LogP contribution in [0.5, 0.6) is 11.5 Å². The van der Waals surface area contributed by atoms with E-state index < -0.39 is 0 Å². The monoisotopic (exact) mass is 442 g/mol. The number of nitrogens with one attached hydrogen (secondary N) is 1. The van der Waals surface area contributed by atoms with Gasteiger partial charge in [-0.25, -0.2) is 0 Å². The largest absolute Gasteiger partial charge is 0.486 e. The number of ether oxygens (including phenoxy) is 3. The summed E-state index contributed by atoms with van der Waals surface area (Å²) in [6, 6.07) is 6.18. The first kappa shape index (κ1) is 22.0. The van der Waals surface area contributed by atoms with Crippen LogP contribution in [0.25, 0.3) is 0 Å². The summed E-state index contributed by atoms with van der Waals surface area (Å²) in [6.45, 7) is 3.54. The van der Waals surface area contributed by atoms with E-state index in [2.05, 4.69) is 22.3 Å². The maximum absolute atomic E-state index is 13.1. The van der Waals surface area contributed by atoms with Crippen molar-refractivity contribution in [3.8, 4) is 11.5 Å². The molecule has 2 heterocycles. The fourth-order valence-electron chi connectivity index (χ4n) is 5.99. The van der Waals surface area contributed by atoms with Gasteiger partial charge in [0, 0.05) is 13.1 Å². The van der Waals surface area contributed by atoms with E-state index in [1.54, 1.807) is 0 Å². The first-order valence-electron chi connectivity index (χ1n) is 12.8. The molecule has 2 aliphatic carbocycles. The Morgan fingerprint density at radius 3 is 2.38 bits per heavy atom. The molecule has 0 spiro atoms. The molecule has 5 rings (SSSR count). The van der Waals surface area contributed by atoms with Crippen molar-refractivity contribution in [2.75, 3.05) is 32.8 Å². The zero-order valence-electron chi connectivity index (χ0n) is 19.3. The highest BCUT2D eigenvalue weighted by molar-refractivity contribution is 5.79. The third kappa shape index (κ3) is 5.07. The van der Waals surface area contributed by atoms with Crippen molar-refractivity contribution in [1.82, 2.24) is 10.2 Å². The van der Waals surface area contributed by atoms with Gasteiger partial charge in [-0.15, -0.1) is 0 Å². The number of hydrogen-bond acceptors (Lipinski definition) is 5. The third-order valence-electron chi connectivity index (χ3n) is 7.77. The lowest BCUT2D eigenvalue weighted by Gasteiger charge is -2.36. The molecule has 1 amide bonds. The summed E-state index contributed by atoms with van der Waals surface area (Å²) < 4.78 is 17.8. The molecule has 6 heteroatoms. The standard InChI is InChI=1S/C26H38N2O4/c29-25(19-28-14-10-22(11-15-28)32-21-6-2-1-3-7-21)27-26(12-4-5-13-26)20-8-9-23-24(18-20)31-17-16-30-23/h8-9,18,21-22H,1-7,10-17,19H2,(H,27,29). The Morgan fingerprint density at radius 1 is 0.938 bits per heavy atom. The molecule has 1 aromatic carbocycles. The predicted octanol–water partition coefficient (Wildman–Crippen LogP) is 4.16. The van der Waals surface area contributed by atoms with Crippen molar-refractivity contribution in [1.29, 1.82) is 0 Å². The molecular weight excluding hydrogens is 404 g/mol. The number of benzene rings is 1. The fourth-order valence-corrected chi connectivity index (χ4v) is 5.99. The predicted molar refractivity (Wildman–Crippen MR) is 123 cm³/mol. The Labute approximate surface area is 192 Å². The van der Waals surface area contributed by atoms with Crippen molar-refractivity contribution in [2.24, 2.45) is 0 Å². The van der Waals surface area contributed by atoms with Crippen LogP contribution in [0.3, 0.4) is 0 Å². The highest BCUT2D eigenvalue weighted by Gasteiger charge is 2.38. The second-order valence-corrected chi connectivity index (χ2v) is 10.1. The summed E-state index contributed by atoms with van der Waals surface area (Å²) >= 11 is 0. The Balaban J connectivity index is 1.15. The number of rotatable bonds is 6. The SMILES string of the molecule is O=C(CN1CCC(OC2CCCCC2)CC1)NC1(c2ccc3c(c2)OCCO3)CCCC1. The number of carbonyl (C=O) groups is 1. The van der Waals surface area contributed by atoms with Crippen LogP contribution in [-0.2, 0) is 15.1 Å². The average Bonchev–Trinajstić information content (AvgIpc) is 3.30. The van der Waals surface area contributed by atoms with Gasteiger partial charge in [-0.1, -0.05) is 38.2 Å². The van der Waals surface area contributed by atoms with Gasteiger partial charge in [0.1, 0.15) is 13.2 Å². The minimum atomic E-state index is -0.282. The topological polar surface area (TPSA) is 60.0 Å². The van der Waals surface area contributed by atoms with Crippen molar-refractivity contribution < 1.29 is 19.0 Å². The second-order valence-electron chi connectivity index (χ2n) is 10.1. The number of fused-ring (bicyclic) bond motifs is 1. The molecule has 0 radical (unpaired) electrons. The summed E-state index contributed by atoms with van der Waals surface area (Å²) in [5.41, 5.74) is 0.863. The molecule has 4 aliphatic rings. The first-order chi connectivity index (χ1) is 15.7. The van der Waals surface area contributed by atoms with Crippen molar-refractivity contribution in [3.05, 3.63) is 23.8 Å². The van der Waals surface area contributed by atoms with E-state index in [-0.39, 0.29) is 11.4 Å². The lowest BCUT2D eigenvalue weighted by Crippen LogP contribution is -2.49. The van der Waals surface area contributed by atoms with Crippen LogP contribution in [0.2, 0.25) is 0 Å². The van der Waals surface area contributed by atoms with Gasteiger partial charge in [-0.2, -0.15) is 0 Å². The Kier molecular flexibility index (Phi) is 6.88. The van der Waals surface area contributed by atoms with Gasteiger partial charge in [-0.05, 0) is 56.2 Å². The van der Waals surface area contributed by atoms with Crippen molar-refractivity contribution >= 4 is 5.91 Å². The van der Waals surface area contributed by atoms with Crippen molar-refractivity contribution in [3.63, 3.8) is 0 Å². The number of amides is 1. The summed E-state index contributed by atoms with van der Waals surface area (Å²) in [4.78, 5) is 15.4. The number of piperidine rings is 1. The van der Waals surface area contributed by atoms with Crippen LogP contribution in [0.1, 0.15) is 76.2 Å². The molecule has 1 aromatic rings. The van der Waals surface area contributed by atoms with Gasteiger partial charge < -0.3 is 19.5 Å². The molecule has 2 aliphatic heterocycles. The van der Waals surface area contributed by atoms with Crippen LogP contribution >= 0.6 is 0 Å². The van der Waals surface area contributed by atoms with Gasteiger partial charge in [0.15, 0.2) is 11.5 Å². The van der Waals surface area contributed by atoms with Gasteiger partial charge in [0.25, 0.3) is 0 Å². The summed E-state index contributed by atoms with van der Waals surface area (Å²) in [5.74, 6) is 1.74. The zero-order chi connectivity index (χ0) is 21.8. The van der Waals surface area contributed by atoms with E-state index in [1.165, 1.54) is 32.1 Å². The Bertz CT molecular complexity index is 778. The Morgan fingerprint density at radius 2 is 1.62 bits per heavy atom. The molecule has 0 aromatic heterocycles. The lowest BCUT2D eigenvalue weighted by atomic mass is 9.87. The fraction of sp³-hybridized carbons (Fsp3) is 0.731. The molecule has 3 fully saturated rings. The highest BCUT2D eigenvalue weighted by Crippen LogP contribution is 2.42. The van der Waals surface area contributed by atoms with Gasteiger partial charge in [0.2, 0.25) is 5.91 Å². The van der Waals surface area contributed by atoms with Gasteiger partial charge in [0.05, 0.1) is 24.3 Å². The number of nitrogens with zero attached hydrogens (tertiary/aromatic N) is 1. The van der Waals surface area contributed by atoms with Crippen molar-refractivity contribution in [2.45, 2.75) is 88.4 Å². The summed E-state index contributed by atoms with van der Waals surface area (Å²) in [7, 11) is 0. The minimum absolute atomic E-state index is 0.133. The van der Waals surface area contributed by atoms with E-state index in [1.807, 2.05) is 6.07 Å². The molecule has 1 N–H and O–H groups in total. The summed E-state index contributed by atoms with van der Waals surface area (Å²) in [5, 5.41) is 3.43. The molecule has 0 atom stereocenters. The zero-order valence-corrected chi connectivity index (χ0v) is 19.3. The lowest BCUT2D eigenvalue weighted by molar-refractivity contribution is -0.125.